The van der Waals surface area contributed by atoms with Crippen molar-refractivity contribution >= 4 is 21.2 Å². The molecule has 7 nitrogen and oxygen atoms in total. The molecule has 0 aromatic carbocycles. The zero-order valence-electron chi connectivity index (χ0n) is 11.6. The minimum absolute atomic E-state index is 0.0213. The van der Waals surface area contributed by atoms with Crippen molar-refractivity contribution in [3.05, 3.63) is 27.8 Å². The van der Waals surface area contributed by atoms with Gasteiger partial charge in [0.15, 0.2) is 15.7 Å². The van der Waals surface area contributed by atoms with Crippen LogP contribution in [-0.4, -0.2) is 41.1 Å². The number of aryl methyl sites for hydroxylation is 1. The van der Waals surface area contributed by atoms with E-state index in [4.69, 9.17) is 4.52 Å². The van der Waals surface area contributed by atoms with Crippen LogP contribution in [0.2, 0.25) is 0 Å². The molecule has 0 bridgehead atoms. The Kier molecular flexibility index (Phi) is 4.05. The molecule has 1 N–H and O–H groups in total. The minimum atomic E-state index is -2.87. The first-order valence-corrected chi connectivity index (χ1v) is 9.36. The predicted molar refractivity (Wildman–Crippen MR) is 77.9 cm³/mol. The SMILES string of the molecule is Cc1csc(Cc2noc(CNC3CCS(=O)(=O)C3)n2)n1. The smallest absolute Gasteiger partial charge is 0.240 e. The average Bonchev–Trinajstić information content (AvgIpc) is 3.10. The summed E-state index contributed by atoms with van der Waals surface area (Å²) in [5, 5.41) is 10.0. The first-order valence-electron chi connectivity index (χ1n) is 6.66. The van der Waals surface area contributed by atoms with Gasteiger partial charge in [0.2, 0.25) is 5.89 Å². The van der Waals surface area contributed by atoms with Gasteiger partial charge in [-0.3, -0.25) is 0 Å². The van der Waals surface area contributed by atoms with E-state index in [-0.39, 0.29) is 17.5 Å². The van der Waals surface area contributed by atoms with Crippen LogP contribution in [-0.2, 0) is 22.8 Å². The van der Waals surface area contributed by atoms with Gasteiger partial charge in [0, 0.05) is 17.1 Å². The van der Waals surface area contributed by atoms with Crippen molar-refractivity contribution in [2.75, 3.05) is 11.5 Å². The number of hydrogen-bond donors (Lipinski definition) is 1. The molecule has 0 spiro atoms. The lowest BCUT2D eigenvalue weighted by molar-refractivity contribution is 0.356. The molecular weight excluding hydrogens is 312 g/mol. The molecule has 3 rings (SSSR count). The van der Waals surface area contributed by atoms with E-state index in [1.165, 1.54) is 0 Å². The van der Waals surface area contributed by atoms with Crippen LogP contribution < -0.4 is 5.32 Å². The Morgan fingerprint density at radius 3 is 3.00 bits per heavy atom. The molecule has 0 radical (unpaired) electrons. The number of rotatable bonds is 5. The lowest BCUT2D eigenvalue weighted by Gasteiger charge is -2.06. The van der Waals surface area contributed by atoms with Crippen LogP contribution in [0.15, 0.2) is 9.90 Å². The van der Waals surface area contributed by atoms with E-state index in [1.54, 1.807) is 11.3 Å². The van der Waals surface area contributed by atoms with Crippen LogP contribution in [0.5, 0.6) is 0 Å². The van der Waals surface area contributed by atoms with Crippen molar-refractivity contribution in [2.45, 2.75) is 32.4 Å². The van der Waals surface area contributed by atoms with Crippen LogP contribution >= 0.6 is 11.3 Å². The number of nitrogens with one attached hydrogen (secondary N) is 1. The largest absolute Gasteiger partial charge is 0.338 e. The van der Waals surface area contributed by atoms with Gasteiger partial charge in [-0.15, -0.1) is 11.3 Å². The van der Waals surface area contributed by atoms with E-state index in [0.29, 0.717) is 31.1 Å². The molecule has 114 valence electrons. The van der Waals surface area contributed by atoms with Crippen LogP contribution in [0.3, 0.4) is 0 Å². The molecule has 1 fully saturated rings. The lowest BCUT2D eigenvalue weighted by atomic mass is 10.3. The third kappa shape index (κ3) is 3.86. The van der Waals surface area contributed by atoms with E-state index in [1.807, 2.05) is 12.3 Å². The number of sulfone groups is 1. The van der Waals surface area contributed by atoms with E-state index in [0.717, 1.165) is 10.7 Å². The summed E-state index contributed by atoms with van der Waals surface area (Å²) in [5.41, 5.74) is 0.989. The Morgan fingerprint density at radius 2 is 2.33 bits per heavy atom. The van der Waals surface area contributed by atoms with Crippen molar-refractivity contribution < 1.29 is 12.9 Å². The maximum atomic E-state index is 11.4. The van der Waals surface area contributed by atoms with Crippen molar-refractivity contribution in [3.8, 4) is 0 Å². The van der Waals surface area contributed by atoms with Gasteiger partial charge in [-0.25, -0.2) is 13.4 Å². The predicted octanol–water partition coefficient (Wildman–Crippen LogP) is 0.702. The number of hydrogen-bond acceptors (Lipinski definition) is 8. The topological polar surface area (TPSA) is 98.0 Å². The monoisotopic (exact) mass is 328 g/mol. The molecule has 0 aliphatic carbocycles. The molecule has 0 amide bonds. The van der Waals surface area contributed by atoms with Crippen molar-refractivity contribution in [2.24, 2.45) is 0 Å². The summed E-state index contributed by atoms with van der Waals surface area (Å²) in [4.78, 5) is 8.64. The zero-order valence-corrected chi connectivity index (χ0v) is 13.2. The lowest BCUT2D eigenvalue weighted by Crippen LogP contribution is -2.29. The Balaban J connectivity index is 1.53. The molecule has 1 saturated heterocycles. The third-order valence-electron chi connectivity index (χ3n) is 3.26. The molecule has 1 unspecified atom stereocenters. The first kappa shape index (κ1) is 14.6. The summed E-state index contributed by atoms with van der Waals surface area (Å²) in [6.45, 7) is 2.34. The molecule has 3 heterocycles. The van der Waals surface area contributed by atoms with E-state index >= 15 is 0 Å². The molecule has 2 aromatic rings. The van der Waals surface area contributed by atoms with Crippen molar-refractivity contribution in [1.29, 1.82) is 0 Å². The summed E-state index contributed by atoms with van der Waals surface area (Å²) < 4.78 is 27.9. The van der Waals surface area contributed by atoms with Gasteiger partial charge in [0.25, 0.3) is 0 Å². The van der Waals surface area contributed by atoms with Crippen LogP contribution in [0.4, 0.5) is 0 Å². The average molecular weight is 328 g/mol. The quantitative estimate of drug-likeness (QED) is 0.862. The summed E-state index contributed by atoms with van der Waals surface area (Å²) in [7, 11) is -2.87. The van der Waals surface area contributed by atoms with Gasteiger partial charge < -0.3 is 9.84 Å². The summed E-state index contributed by atoms with van der Waals surface area (Å²) >= 11 is 1.57. The second kappa shape index (κ2) is 5.82. The zero-order chi connectivity index (χ0) is 14.9. The van der Waals surface area contributed by atoms with Crippen molar-refractivity contribution in [3.63, 3.8) is 0 Å². The second-order valence-corrected chi connectivity index (χ2v) is 8.32. The maximum absolute atomic E-state index is 11.4. The van der Waals surface area contributed by atoms with Gasteiger partial charge in [0.1, 0.15) is 5.01 Å². The summed E-state index contributed by atoms with van der Waals surface area (Å²) in [6.07, 6.45) is 1.20. The standard InChI is InChI=1S/C12H16N4O3S2/c1-8-6-20-12(14-8)4-10-15-11(19-16-10)5-13-9-2-3-21(17,18)7-9/h6,9,13H,2-5,7H2,1H3. The Labute approximate surface area is 126 Å². The number of aromatic nitrogens is 3. The highest BCUT2D eigenvalue weighted by Gasteiger charge is 2.27. The van der Waals surface area contributed by atoms with Crippen molar-refractivity contribution in [1.82, 2.24) is 20.4 Å². The van der Waals surface area contributed by atoms with Gasteiger partial charge in [-0.2, -0.15) is 4.98 Å². The minimum Gasteiger partial charge on any atom is -0.338 e. The Morgan fingerprint density at radius 1 is 1.48 bits per heavy atom. The molecule has 0 saturated carbocycles. The highest BCUT2D eigenvalue weighted by Crippen LogP contribution is 2.14. The highest BCUT2D eigenvalue weighted by molar-refractivity contribution is 7.91. The summed E-state index contributed by atoms with van der Waals surface area (Å²) in [6, 6.07) is -0.0213. The van der Waals surface area contributed by atoms with Gasteiger partial charge >= 0.3 is 0 Å². The van der Waals surface area contributed by atoms with Gasteiger partial charge in [-0.1, -0.05) is 5.16 Å². The molecule has 2 aromatic heterocycles. The fourth-order valence-electron chi connectivity index (χ4n) is 2.24. The first-order chi connectivity index (χ1) is 10.00. The van der Waals surface area contributed by atoms with E-state index < -0.39 is 9.84 Å². The Bertz CT molecular complexity index is 722. The van der Waals surface area contributed by atoms with Crippen LogP contribution in [0.25, 0.3) is 0 Å². The van der Waals surface area contributed by atoms with Gasteiger partial charge in [-0.05, 0) is 13.3 Å². The normalized spacial score (nSPS) is 20.9. The Hall–Kier alpha value is -1.32. The van der Waals surface area contributed by atoms with Gasteiger partial charge in [0.05, 0.1) is 24.5 Å². The number of nitrogens with zero attached hydrogens (tertiary/aromatic N) is 3. The summed E-state index contributed by atoms with van der Waals surface area (Å²) in [5.74, 6) is 1.51. The van der Waals surface area contributed by atoms with E-state index in [2.05, 4.69) is 20.4 Å². The molecule has 21 heavy (non-hydrogen) atoms. The number of thiazole rings is 1. The van der Waals surface area contributed by atoms with Crippen LogP contribution in [0.1, 0.15) is 28.8 Å². The molecule has 1 aliphatic rings. The molecule has 9 heteroatoms. The molecule has 1 aliphatic heterocycles. The van der Waals surface area contributed by atoms with E-state index in [9.17, 15) is 8.42 Å². The third-order valence-corrected chi connectivity index (χ3v) is 6.00. The van der Waals surface area contributed by atoms with Crippen LogP contribution in [0, 0.1) is 6.92 Å². The fourth-order valence-corrected chi connectivity index (χ4v) is 4.72. The molecular formula is C12H16N4O3S2. The highest BCUT2D eigenvalue weighted by atomic mass is 32.2. The molecule has 1 atom stereocenters. The second-order valence-electron chi connectivity index (χ2n) is 5.14. The fraction of sp³-hybridized carbons (Fsp3) is 0.583. The maximum Gasteiger partial charge on any atom is 0.240 e.